The van der Waals surface area contributed by atoms with Crippen LogP contribution >= 0.6 is 0 Å². The highest BCUT2D eigenvalue weighted by atomic mass is 19.1. The molecule has 4 rings (SSSR count). The number of carbonyl (C=O) groups is 1. The van der Waals surface area contributed by atoms with Gasteiger partial charge in [-0.15, -0.1) is 0 Å². The Bertz CT molecular complexity index is 1090. The number of urea groups is 1. The van der Waals surface area contributed by atoms with Crippen molar-refractivity contribution in [1.82, 2.24) is 9.80 Å². The fourth-order valence-corrected chi connectivity index (χ4v) is 5.64. The maximum absolute atomic E-state index is 15.3. The number of carbonyl (C=O) groups excluding carboxylic acids is 1. The largest absolute Gasteiger partial charge is 0.454 e. The van der Waals surface area contributed by atoms with E-state index in [-0.39, 0.29) is 24.2 Å². The molecule has 4 N–H and O–H groups in total. The third-order valence-corrected chi connectivity index (χ3v) is 7.87. The van der Waals surface area contributed by atoms with E-state index in [0.29, 0.717) is 63.2 Å². The highest BCUT2D eigenvalue weighted by Gasteiger charge is 2.44. The van der Waals surface area contributed by atoms with Crippen molar-refractivity contribution in [3.63, 3.8) is 0 Å². The van der Waals surface area contributed by atoms with Gasteiger partial charge in [0.15, 0.2) is 11.6 Å². The fraction of sp³-hybridized carbons (Fsp3) is 0.552. The fourth-order valence-electron chi connectivity index (χ4n) is 5.64. The van der Waals surface area contributed by atoms with Crippen LogP contribution < -0.4 is 10.5 Å². The first-order valence-corrected chi connectivity index (χ1v) is 13.5. The molecule has 0 bridgehead atoms. The van der Waals surface area contributed by atoms with Gasteiger partial charge in [0.05, 0.1) is 11.7 Å². The van der Waals surface area contributed by atoms with E-state index in [1.807, 2.05) is 25.1 Å². The molecule has 0 radical (unpaired) electrons. The summed E-state index contributed by atoms with van der Waals surface area (Å²) in [5, 5.41) is 22.5. The summed E-state index contributed by atoms with van der Waals surface area (Å²) in [6.45, 7) is 3.78. The summed E-state index contributed by atoms with van der Waals surface area (Å²) in [7, 11) is 1.64. The van der Waals surface area contributed by atoms with E-state index in [4.69, 9.17) is 15.2 Å². The van der Waals surface area contributed by atoms with Crippen LogP contribution in [0.3, 0.4) is 0 Å². The van der Waals surface area contributed by atoms with E-state index < -0.39 is 23.6 Å². The number of piperidine rings is 1. The van der Waals surface area contributed by atoms with Crippen LogP contribution in [0, 0.1) is 18.7 Å². The standard InChI is InChI=1S/C29H40FN3O5/c1-20-9-3-4-13-26(20)38-27-22(11-7-12-23(27)30)29(36,14-5-6-16-37-2)21-10-8-15-32(17-21)28(35)33-18-24(31)25(34)19-33/h3-4,7,9,11-13,21,24-25,34,36H,5-6,8,10,14-19,31H2,1-2H3. The number of β-amino-alcohol motifs (C(OH)–C–C–N with tert-alkyl or cyclic N) is 1. The van der Waals surface area contributed by atoms with Gasteiger partial charge >= 0.3 is 6.03 Å². The molecule has 9 heteroatoms. The van der Waals surface area contributed by atoms with Gasteiger partial charge in [-0.3, -0.25) is 0 Å². The molecule has 0 saturated carbocycles. The number of hydrogen-bond donors (Lipinski definition) is 3. The minimum atomic E-state index is -1.44. The first-order chi connectivity index (χ1) is 18.2. The van der Waals surface area contributed by atoms with E-state index in [1.165, 1.54) is 6.07 Å². The molecule has 2 fully saturated rings. The van der Waals surface area contributed by atoms with Gasteiger partial charge in [-0.05, 0) is 56.7 Å². The predicted octanol–water partition coefficient (Wildman–Crippen LogP) is 3.77. The predicted molar refractivity (Wildman–Crippen MR) is 143 cm³/mol. The van der Waals surface area contributed by atoms with Crippen LogP contribution in [0.2, 0.25) is 0 Å². The Hall–Kier alpha value is -2.72. The molecule has 0 spiro atoms. The normalized spacial score (nSPS) is 23.4. The first kappa shape index (κ1) is 28.3. The van der Waals surface area contributed by atoms with Gasteiger partial charge in [-0.1, -0.05) is 30.3 Å². The quantitative estimate of drug-likeness (QED) is 0.427. The Labute approximate surface area is 224 Å². The summed E-state index contributed by atoms with van der Waals surface area (Å²) in [6, 6.07) is 11.4. The third-order valence-electron chi connectivity index (χ3n) is 7.87. The molecule has 4 unspecified atom stereocenters. The maximum Gasteiger partial charge on any atom is 0.320 e. The number of methoxy groups -OCH3 is 1. The second-order valence-corrected chi connectivity index (χ2v) is 10.6. The molecule has 0 aromatic heterocycles. The van der Waals surface area contributed by atoms with Crippen molar-refractivity contribution in [1.29, 1.82) is 0 Å². The van der Waals surface area contributed by atoms with Gasteiger partial charge in [0.2, 0.25) is 0 Å². The number of aliphatic hydroxyl groups is 2. The van der Waals surface area contributed by atoms with Crippen LogP contribution in [0.5, 0.6) is 11.5 Å². The van der Waals surface area contributed by atoms with Crippen molar-refractivity contribution in [2.75, 3.05) is 39.9 Å². The van der Waals surface area contributed by atoms with Crippen molar-refractivity contribution < 1.29 is 28.9 Å². The SMILES string of the molecule is COCCCCC(O)(c1cccc(F)c1Oc1ccccc1C)C1CCCN(C(=O)N2CC(N)C(O)C2)C1. The number of likely N-dealkylation sites (tertiary alicyclic amines) is 2. The van der Waals surface area contributed by atoms with Gasteiger partial charge in [0.1, 0.15) is 5.75 Å². The number of nitrogens with zero attached hydrogens (tertiary/aromatic N) is 2. The second-order valence-electron chi connectivity index (χ2n) is 10.6. The maximum atomic E-state index is 15.3. The van der Waals surface area contributed by atoms with Gasteiger partial charge in [0.25, 0.3) is 0 Å². The summed E-state index contributed by atoms with van der Waals surface area (Å²) in [6.07, 6.45) is 2.38. The average molecular weight is 530 g/mol. The molecule has 208 valence electrons. The third kappa shape index (κ3) is 6.12. The van der Waals surface area contributed by atoms with Gasteiger partial charge in [-0.2, -0.15) is 0 Å². The first-order valence-electron chi connectivity index (χ1n) is 13.5. The molecular formula is C29H40FN3O5. The molecule has 2 amide bonds. The number of para-hydroxylation sites is 2. The Balaban J connectivity index is 1.65. The van der Waals surface area contributed by atoms with Crippen LogP contribution in [0.4, 0.5) is 9.18 Å². The summed E-state index contributed by atoms with van der Waals surface area (Å²) in [4.78, 5) is 16.6. The monoisotopic (exact) mass is 529 g/mol. The van der Waals surface area contributed by atoms with E-state index in [1.54, 1.807) is 35.1 Å². The number of halogens is 1. The molecule has 0 aliphatic carbocycles. The van der Waals surface area contributed by atoms with Crippen molar-refractivity contribution in [2.45, 2.75) is 56.8 Å². The minimum absolute atomic E-state index is 0.00753. The summed E-state index contributed by atoms with van der Waals surface area (Å²) >= 11 is 0. The average Bonchev–Trinajstić information content (AvgIpc) is 3.26. The summed E-state index contributed by atoms with van der Waals surface area (Å²) < 4.78 is 26.7. The number of amides is 2. The number of unbranched alkanes of at least 4 members (excludes halogenated alkanes) is 1. The second kappa shape index (κ2) is 12.4. The molecule has 2 aromatic rings. The smallest absolute Gasteiger partial charge is 0.320 e. The van der Waals surface area contributed by atoms with Gasteiger partial charge in [-0.25, -0.2) is 9.18 Å². The van der Waals surface area contributed by atoms with E-state index in [9.17, 15) is 15.0 Å². The number of ether oxygens (including phenoxy) is 2. The van der Waals surface area contributed by atoms with Crippen LogP contribution in [0.15, 0.2) is 42.5 Å². The zero-order chi connectivity index (χ0) is 27.3. The Morgan fingerprint density at radius 1 is 1.13 bits per heavy atom. The Morgan fingerprint density at radius 3 is 2.63 bits per heavy atom. The molecule has 2 aliphatic rings. The number of benzene rings is 2. The van der Waals surface area contributed by atoms with E-state index >= 15 is 4.39 Å². The molecule has 2 heterocycles. The number of rotatable bonds is 9. The Kier molecular flexibility index (Phi) is 9.25. The number of nitrogens with two attached hydrogens (primary N) is 1. The molecule has 2 aliphatic heterocycles. The van der Waals surface area contributed by atoms with Crippen LogP contribution in [0.25, 0.3) is 0 Å². The number of aryl methyl sites for hydroxylation is 1. The van der Waals surface area contributed by atoms with Crippen LogP contribution in [-0.2, 0) is 10.3 Å². The van der Waals surface area contributed by atoms with Crippen LogP contribution in [0.1, 0.15) is 43.2 Å². The summed E-state index contributed by atoms with van der Waals surface area (Å²) in [5.41, 5.74) is 5.73. The molecule has 38 heavy (non-hydrogen) atoms. The lowest BCUT2D eigenvalue weighted by Crippen LogP contribution is -2.52. The Morgan fingerprint density at radius 2 is 1.92 bits per heavy atom. The molecular weight excluding hydrogens is 489 g/mol. The van der Waals surface area contributed by atoms with Gasteiger partial charge < -0.3 is 35.2 Å². The molecule has 2 saturated heterocycles. The van der Waals surface area contributed by atoms with E-state index in [0.717, 1.165) is 12.0 Å². The lowest BCUT2D eigenvalue weighted by Gasteiger charge is -2.44. The number of hydrogen-bond acceptors (Lipinski definition) is 6. The zero-order valence-corrected chi connectivity index (χ0v) is 22.3. The topological polar surface area (TPSA) is 108 Å². The highest BCUT2D eigenvalue weighted by molar-refractivity contribution is 5.75. The lowest BCUT2D eigenvalue weighted by molar-refractivity contribution is -0.0590. The summed E-state index contributed by atoms with van der Waals surface area (Å²) in [5.74, 6) is -0.368. The highest BCUT2D eigenvalue weighted by Crippen LogP contribution is 2.45. The molecule has 2 aromatic carbocycles. The van der Waals surface area contributed by atoms with E-state index in [2.05, 4.69) is 0 Å². The molecule has 8 nitrogen and oxygen atoms in total. The minimum Gasteiger partial charge on any atom is -0.454 e. The van der Waals surface area contributed by atoms with Crippen LogP contribution in [-0.4, -0.2) is 78.1 Å². The zero-order valence-electron chi connectivity index (χ0n) is 22.3. The lowest BCUT2D eigenvalue weighted by atomic mass is 9.73. The van der Waals surface area contributed by atoms with Crippen molar-refractivity contribution in [2.24, 2.45) is 11.7 Å². The number of aliphatic hydroxyl groups excluding tert-OH is 1. The van der Waals surface area contributed by atoms with Crippen molar-refractivity contribution in [3.8, 4) is 11.5 Å². The van der Waals surface area contributed by atoms with Crippen molar-refractivity contribution in [3.05, 3.63) is 59.4 Å². The van der Waals surface area contributed by atoms with Crippen molar-refractivity contribution >= 4 is 6.03 Å². The van der Waals surface area contributed by atoms with Gasteiger partial charge in [0, 0.05) is 57.4 Å². The molecule has 4 atom stereocenters.